The van der Waals surface area contributed by atoms with Crippen LogP contribution in [0.1, 0.15) is 166 Å². The summed E-state index contributed by atoms with van der Waals surface area (Å²) in [5.41, 5.74) is 0. The van der Waals surface area contributed by atoms with E-state index in [0.29, 0.717) is 0 Å². The summed E-state index contributed by atoms with van der Waals surface area (Å²) >= 11 is 0. The van der Waals surface area contributed by atoms with E-state index in [4.69, 9.17) is 20.4 Å². The molecule has 0 radical (unpaired) electrons. The van der Waals surface area contributed by atoms with Gasteiger partial charge < -0.3 is 20.4 Å². The molecule has 6 aromatic rings. The fourth-order valence-electron chi connectivity index (χ4n) is 10.0. The van der Waals surface area contributed by atoms with Crippen LogP contribution >= 0.6 is 63.4 Å². The van der Waals surface area contributed by atoms with Crippen molar-refractivity contribution >= 4 is 130 Å². The van der Waals surface area contributed by atoms with Crippen molar-refractivity contribution in [3.8, 4) is 0 Å². The number of carbonyl (C=O) groups is 4. The molecule has 0 unspecified atom stereocenters. The van der Waals surface area contributed by atoms with Crippen molar-refractivity contribution < 1.29 is 124 Å². The molecule has 6 aromatic carbocycles. The summed E-state index contributed by atoms with van der Waals surface area (Å²) in [6.07, 6.45) is 42.9. The Morgan fingerprint density at radius 2 is 0.361 bits per heavy atom. The summed E-state index contributed by atoms with van der Waals surface area (Å²) in [4.78, 5) is 39.1. The number of fused-ring (bicyclic) bond motifs is 4. The molecule has 632 valence electrons. The third-order valence-corrected chi connectivity index (χ3v) is 42.1. The first kappa shape index (κ1) is 128. The van der Waals surface area contributed by atoms with Crippen LogP contribution in [0.2, 0.25) is 0 Å². The number of allylic oxidation sites excluding steroid dienone is 4. The molecule has 8 nitrogen and oxygen atoms in total. The Labute approximate surface area is 731 Å². The Bertz CT molecular complexity index is 2460. The number of hydrogen-bond donors (Lipinski definition) is 4. The van der Waals surface area contributed by atoms with Crippen molar-refractivity contribution in [1.29, 1.82) is 0 Å². The van der Waals surface area contributed by atoms with E-state index < -0.39 is 23.9 Å². The topological polar surface area (TPSA) is 149 Å². The summed E-state index contributed by atoms with van der Waals surface area (Å²) < 4.78 is 0. The SMILES string of the molecule is CC[PH+](CC)CC.CC[PH+](CC)CC.CC[PH+](CC)CC.CC[PH+](CC)CC.CC[PH+](CC)CC.CC[PH+](CC)CC.CC[PH+](CC)CC.CC[PH+](CC)CC.O=C(O)C=CC=CC(=O)O.O=C(O)C=CC=CC(=O)O.[Pt].[Pt].[Pt].[Pt].[c-]1cccc2cc3ccc[c-]c3cc12.[c-]1cccc2cc3ccc[c-]c3cc12. The predicted molar refractivity (Wildman–Crippen MR) is 505 cm³/mol. The van der Waals surface area contributed by atoms with Gasteiger partial charge >= 0.3 is 23.9 Å². The summed E-state index contributed by atoms with van der Waals surface area (Å²) in [5.74, 6) is -4.41. The molecule has 0 aliphatic rings. The van der Waals surface area contributed by atoms with E-state index in [2.05, 4.69) is 239 Å². The largest absolute Gasteiger partial charge is 0.478 e. The van der Waals surface area contributed by atoms with Gasteiger partial charge in [-0.3, -0.25) is 0 Å². The fraction of sp³-hybridized carbons (Fsp3) is 0.545. The van der Waals surface area contributed by atoms with Gasteiger partial charge in [-0.05, 0) is 230 Å². The van der Waals surface area contributed by atoms with Crippen LogP contribution in [0.25, 0.3) is 43.1 Å². The van der Waals surface area contributed by atoms with Crippen LogP contribution in [-0.4, -0.2) is 192 Å². The smallest absolute Gasteiger partial charge is 0.328 e. The summed E-state index contributed by atoms with van der Waals surface area (Å²) in [5, 5.41) is 41.6. The molecule has 6 rings (SSSR count). The molecule has 0 saturated carbocycles. The Kier molecular flexibility index (Phi) is 113. The maximum atomic E-state index is 9.78. The van der Waals surface area contributed by atoms with Crippen LogP contribution in [0.15, 0.2) is 146 Å². The number of aliphatic carboxylic acids is 4. The number of hydrogen-bond acceptors (Lipinski definition) is 4. The minimum absolute atomic E-state index is 0. The van der Waals surface area contributed by atoms with Crippen molar-refractivity contribution in [3.05, 3.63) is 170 Å². The third kappa shape index (κ3) is 77.9. The quantitative estimate of drug-likeness (QED) is 0.0115. The van der Waals surface area contributed by atoms with Gasteiger partial charge in [0.05, 0.1) is 148 Å². The first-order valence-corrected chi connectivity index (χ1v) is 56.6. The second kappa shape index (κ2) is 95.2. The Hall–Kier alpha value is -0.607. The van der Waals surface area contributed by atoms with E-state index in [1.54, 1.807) is 0 Å². The standard InChI is InChI=1S/2C14H8.2C6H6O4.8C6H15P.4Pt/c2*1-2-6-12-10-14-8-4-3-7-13(14)9-11(12)5-1;2*7-5(8)3-1-2-4-6(9)10;8*1-4-7(5-2)6-3;;;;/h2*1-5,7,9-10H;2*1-4H,(H,7,8)(H,9,10);8*4-6H2,1-3H3;;;;/q2*-2;;;;;;;;;;;;;;/p+8. The van der Waals surface area contributed by atoms with E-state index >= 15 is 0 Å². The van der Waals surface area contributed by atoms with Gasteiger partial charge in [0, 0.05) is 109 Å². The average Bonchev–Trinajstić information content (AvgIpc) is 0.819. The van der Waals surface area contributed by atoms with Gasteiger partial charge in [-0.15, -0.1) is 164 Å². The molecular weight excluding hydrogens is 2210 g/mol. The summed E-state index contributed by atoms with van der Waals surface area (Å²) in [6.45, 7) is 55.4. The van der Waals surface area contributed by atoms with Gasteiger partial charge in [-0.25, -0.2) is 19.2 Å². The average molecular weight is 2370 g/mol. The van der Waals surface area contributed by atoms with Crippen LogP contribution in [0.5, 0.6) is 0 Å². The Morgan fingerprint density at radius 3 is 0.454 bits per heavy atom. The maximum absolute atomic E-state index is 9.78. The van der Waals surface area contributed by atoms with E-state index in [9.17, 15) is 19.2 Å². The number of benzene rings is 6. The summed E-state index contributed by atoms with van der Waals surface area (Å²) in [7, 11) is 1.10. The molecule has 0 aliphatic carbocycles. The number of rotatable bonds is 30. The monoisotopic (exact) mass is 2370 g/mol. The van der Waals surface area contributed by atoms with Crippen molar-refractivity contribution in [2.45, 2.75) is 166 Å². The molecular formula is C88H156O8P8Pt4+4. The van der Waals surface area contributed by atoms with E-state index in [1.807, 2.05) is 48.5 Å². The van der Waals surface area contributed by atoms with Gasteiger partial charge in [0.15, 0.2) is 0 Å². The van der Waals surface area contributed by atoms with Crippen LogP contribution in [0.4, 0.5) is 0 Å². The molecule has 108 heavy (non-hydrogen) atoms. The van der Waals surface area contributed by atoms with Crippen LogP contribution in [0.3, 0.4) is 0 Å². The molecule has 0 aliphatic heterocycles. The third-order valence-electron chi connectivity index (χ3n) is 18.1. The van der Waals surface area contributed by atoms with Gasteiger partial charge in [0.2, 0.25) is 0 Å². The Morgan fingerprint density at radius 1 is 0.241 bits per heavy atom. The molecule has 4 N–H and O–H groups in total. The fourth-order valence-corrected chi connectivity index (χ4v) is 22.0. The van der Waals surface area contributed by atoms with Gasteiger partial charge in [-0.1, -0.05) is 24.3 Å². The summed E-state index contributed by atoms with van der Waals surface area (Å²) in [6, 6.07) is 45.8. The first-order chi connectivity index (χ1) is 49.9. The maximum Gasteiger partial charge on any atom is 0.328 e. The minimum Gasteiger partial charge on any atom is -0.478 e. The van der Waals surface area contributed by atoms with Gasteiger partial charge in [0.25, 0.3) is 0 Å². The zero-order chi connectivity index (χ0) is 80.3. The van der Waals surface area contributed by atoms with Crippen LogP contribution < -0.4 is 0 Å². The van der Waals surface area contributed by atoms with Crippen LogP contribution in [-0.2, 0) is 103 Å². The van der Waals surface area contributed by atoms with E-state index in [1.165, 1.54) is 169 Å². The zero-order valence-corrected chi connectivity index (χ0v) is 88.6. The molecule has 0 bridgehead atoms. The van der Waals surface area contributed by atoms with Crippen molar-refractivity contribution in [2.75, 3.05) is 148 Å². The zero-order valence-electron chi connectivity index (χ0n) is 71.5. The molecule has 0 saturated heterocycles. The second-order valence-electron chi connectivity index (χ2n) is 24.0. The molecule has 0 heterocycles. The van der Waals surface area contributed by atoms with Gasteiger partial charge in [-0.2, -0.15) is 0 Å². The van der Waals surface area contributed by atoms with Gasteiger partial charge in [0.1, 0.15) is 0 Å². The molecule has 0 spiro atoms. The minimum atomic E-state index is -1.10. The number of carboxylic acids is 4. The second-order valence-corrected chi connectivity index (χ2v) is 53.0. The van der Waals surface area contributed by atoms with E-state index in [-0.39, 0.29) is 148 Å². The molecule has 0 fully saturated rings. The van der Waals surface area contributed by atoms with E-state index in [0.717, 1.165) is 70.2 Å². The number of carboxylic acid groups (broad SMARTS) is 4. The molecule has 0 aromatic heterocycles. The van der Waals surface area contributed by atoms with Crippen LogP contribution in [0, 0.1) is 24.3 Å². The molecule has 20 heteroatoms. The van der Waals surface area contributed by atoms with Crippen molar-refractivity contribution in [1.82, 2.24) is 0 Å². The van der Waals surface area contributed by atoms with Crippen molar-refractivity contribution in [2.24, 2.45) is 0 Å². The Balaban J connectivity index is -0.000000122. The molecule has 0 amide bonds. The predicted octanol–water partition coefficient (Wildman–Crippen LogP) is 25.8. The normalized spacial score (nSPS) is 10.1. The first-order valence-electron chi connectivity index (χ1n) is 39.6. The van der Waals surface area contributed by atoms with Crippen molar-refractivity contribution in [3.63, 3.8) is 0 Å². The molecule has 0 atom stereocenters.